The van der Waals surface area contributed by atoms with Gasteiger partial charge in [-0.05, 0) is 49.5 Å². The summed E-state index contributed by atoms with van der Waals surface area (Å²) in [5.41, 5.74) is 14.6. The molecule has 0 bridgehead atoms. The Bertz CT molecular complexity index is 790. The minimum absolute atomic E-state index is 0.128. The van der Waals surface area contributed by atoms with E-state index in [0.29, 0.717) is 31.9 Å². The number of urea groups is 1. The first kappa shape index (κ1) is 22.4. The highest BCUT2D eigenvalue weighted by atomic mass is 16.2. The molecule has 0 aliphatic carbocycles. The summed E-state index contributed by atoms with van der Waals surface area (Å²) >= 11 is 0. The second-order valence-electron chi connectivity index (χ2n) is 6.93. The zero-order valence-electron chi connectivity index (χ0n) is 17.0. The minimum Gasteiger partial charge on any atom is -0.329 e. The summed E-state index contributed by atoms with van der Waals surface area (Å²) in [7, 11) is 3.88. The van der Waals surface area contributed by atoms with Crippen molar-refractivity contribution in [1.29, 1.82) is 0 Å². The fourth-order valence-electron chi connectivity index (χ4n) is 2.64. The molecule has 8 nitrogen and oxygen atoms in total. The number of nitrogens with zero attached hydrogens (tertiary/aromatic N) is 2. The number of nitrogens with two attached hydrogens (primary N) is 2. The Labute approximate surface area is 171 Å². The lowest BCUT2D eigenvalue weighted by Gasteiger charge is -2.25. The van der Waals surface area contributed by atoms with Gasteiger partial charge in [0.2, 0.25) is 5.91 Å². The van der Waals surface area contributed by atoms with Gasteiger partial charge >= 0.3 is 6.03 Å². The van der Waals surface area contributed by atoms with Crippen LogP contribution in [0.2, 0.25) is 0 Å². The van der Waals surface area contributed by atoms with Crippen LogP contribution in [0.4, 0.5) is 16.2 Å². The molecule has 0 fully saturated rings. The summed E-state index contributed by atoms with van der Waals surface area (Å²) in [5.74, 6) is -0.301. The van der Waals surface area contributed by atoms with Crippen LogP contribution in [0.25, 0.3) is 0 Å². The van der Waals surface area contributed by atoms with Crippen LogP contribution in [0.15, 0.2) is 48.5 Å². The molecule has 0 aromatic heterocycles. The third-order valence-corrected chi connectivity index (χ3v) is 4.37. The first-order chi connectivity index (χ1) is 13.9. The van der Waals surface area contributed by atoms with E-state index in [4.69, 9.17) is 11.5 Å². The number of hydrogen-bond donors (Lipinski definition) is 4. The zero-order chi connectivity index (χ0) is 21.2. The van der Waals surface area contributed by atoms with Crippen LogP contribution < -0.4 is 27.0 Å². The van der Waals surface area contributed by atoms with Crippen molar-refractivity contribution in [3.63, 3.8) is 0 Å². The monoisotopic (exact) mass is 398 g/mol. The van der Waals surface area contributed by atoms with Gasteiger partial charge in [-0.3, -0.25) is 9.69 Å². The average Bonchev–Trinajstić information content (AvgIpc) is 2.73. The molecule has 0 heterocycles. The van der Waals surface area contributed by atoms with Crippen LogP contribution in [-0.4, -0.2) is 50.6 Å². The van der Waals surface area contributed by atoms with E-state index in [-0.39, 0.29) is 18.5 Å². The van der Waals surface area contributed by atoms with Crippen molar-refractivity contribution in [3.05, 3.63) is 59.7 Å². The first-order valence-electron chi connectivity index (χ1n) is 9.51. The molecular formula is C21H30N6O2. The lowest BCUT2D eigenvalue weighted by atomic mass is 10.2. The van der Waals surface area contributed by atoms with E-state index in [9.17, 15) is 9.59 Å². The lowest BCUT2D eigenvalue weighted by Crippen LogP contribution is -2.45. The number of nitrogens with one attached hydrogen (secondary N) is 2. The van der Waals surface area contributed by atoms with E-state index < -0.39 is 0 Å². The van der Waals surface area contributed by atoms with E-state index in [1.807, 2.05) is 55.4 Å². The molecule has 0 radical (unpaired) electrons. The number of anilines is 2. The van der Waals surface area contributed by atoms with Gasteiger partial charge in [0.15, 0.2) is 0 Å². The molecule has 8 heteroatoms. The maximum atomic E-state index is 12.7. The van der Waals surface area contributed by atoms with Crippen molar-refractivity contribution in [3.8, 4) is 0 Å². The summed E-state index contributed by atoms with van der Waals surface area (Å²) in [6, 6.07) is 14.4. The second kappa shape index (κ2) is 11.2. The molecular weight excluding hydrogens is 368 g/mol. The Kier molecular flexibility index (Phi) is 8.60. The van der Waals surface area contributed by atoms with E-state index >= 15 is 0 Å². The van der Waals surface area contributed by atoms with Gasteiger partial charge in [0, 0.05) is 37.6 Å². The van der Waals surface area contributed by atoms with Crippen LogP contribution in [-0.2, 0) is 17.9 Å². The van der Waals surface area contributed by atoms with Gasteiger partial charge in [-0.15, -0.1) is 0 Å². The van der Waals surface area contributed by atoms with Crippen LogP contribution in [0, 0.1) is 0 Å². The number of amides is 3. The Morgan fingerprint density at radius 3 is 1.93 bits per heavy atom. The fraction of sp³-hybridized carbons (Fsp3) is 0.333. The van der Waals surface area contributed by atoms with Gasteiger partial charge in [-0.1, -0.05) is 24.3 Å². The predicted octanol–water partition coefficient (Wildman–Crippen LogP) is 1.32. The van der Waals surface area contributed by atoms with E-state index in [1.54, 1.807) is 17.0 Å². The van der Waals surface area contributed by atoms with Gasteiger partial charge < -0.3 is 27.0 Å². The molecule has 0 unspecified atom stereocenters. The fourth-order valence-corrected chi connectivity index (χ4v) is 2.64. The number of carbonyl (C=O) groups excluding carboxylic acids is 2. The Morgan fingerprint density at radius 1 is 0.862 bits per heavy atom. The summed E-state index contributed by atoms with van der Waals surface area (Å²) in [6.45, 7) is 1.93. The molecule has 0 saturated carbocycles. The quantitative estimate of drug-likeness (QED) is 0.508. The second-order valence-corrected chi connectivity index (χ2v) is 6.93. The van der Waals surface area contributed by atoms with Crippen molar-refractivity contribution in [1.82, 2.24) is 10.2 Å². The molecule has 0 spiro atoms. The van der Waals surface area contributed by atoms with Crippen molar-refractivity contribution in [2.24, 2.45) is 11.5 Å². The Balaban J connectivity index is 1.97. The van der Waals surface area contributed by atoms with E-state index in [2.05, 4.69) is 10.6 Å². The van der Waals surface area contributed by atoms with E-state index in [1.165, 1.54) is 0 Å². The van der Waals surface area contributed by atoms with Gasteiger partial charge in [0.1, 0.15) is 0 Å². The van der Waals surface area contributed by atoms with Crippen LogP contribution in [0.3, 0.4) is 0 Å². The van der Waals surface area contributed by atoms with E-state index in [0.717, 1.165) is 16.8 Å². The van der Waals surface area contributed by atoms with Gasteiger partial charge in [0.05, 0.1) is 6.54 Å². The Hall–Kier alpha value is -2.94. The van der Waals surface area contributed by atoms with Crippen molar-refractivity contribution in [2.45, 2.75) is 13.1 Å². The van der Waals surface area contributed by atoms with Gasteiger partial charge in [-0.25, -0.2) is 4.79 Å². The number of benzene rings is 2. The third kappa shape index (κ3) is 7.19. The number of hydrogen-bond acceptors (Lipinski definition) is 5. The molecule has 2 aromatic carbocycles. The summed E-state index contributed by atoms with van der Waals surface area (Å²) in [5, 5.41) is 5.45. The average molecular weight is 399 g/mol. The predicted molar refractivity (Wildman–Crippen MR) is 117 cm³/mol. The van der Waals surface area contributed by atoms with Gasteiger partial charge in [0.25, 0.3) is 0 Å². The highest BCUT2D eigenvalue weighted by Crippen LogP contribution is 2.15. The van der Waals surface area contributed by atoms with Crippen molar-refractivity contribution < 1.29 is 9.59 Å². The first-order valence-corrected chi connectivity index (χ1v) is 9.51. The maximum absolute atomic E-state index is 12.7. The lowest BCUT2D eigenvalue weighted by molar-refractivity contribution is -0.115. The van der Waals surface area contributed by atoms with Crippen LogP contribution in [0.5, 0.6) is 0 Å². The highest BCUT2D eigenvalue weighted by Gasteiger charge is 2.17. The molecule has 0 saturated heterocycles. The molecule has 29 heavy (non-hydrogen) atoms. The van der Waals surface area contributed by atoms with Gasteiger partial charge in [-0.2, -0.15) is 0 Å². The number of rotatable bonds is 9. The molecule has 2 aromatic rings. The highest BCUT2D eigenvalue weighted by molar-refractivity contribution is 5.98. The zero-order valence-corrected chi connectivity index (χ0v) is 17.0. The Morgan fingerprint density at radius 2 is 1.41 bits per heavy atom. The van der Waals surface area contributed by atoms with Crippen molar-refractivity contribution >= 4 is 23.3 Å². The smallest absolute Gasteiger partial charge is 0.322 e. The number of carbonyl (C=O) groups is 2. The minimum atomic E-state index is -0.332. The normalized spacial score (nSPS) is 10.7. The largest absolute Gasteiger partial charge is 0.329 e. The molecule has 3 amide bonds. The van der Waals surface area contributed by atoms with Crippen molar-refractivity contribution in [2.75, 3.05) is 43.9 Å². The summed E-state index contributed by atoms with van der Waals surface area (Å²) in [6.07, 6.45) is 0. The molecule has 0 aliphatic heterocycles. The summed E-state index contributed by atoms with van der Waals surface area (Å²) < 4.78 is 0. The SMILES string of the molecule is CN(C)CCN(C(=O)NCC(=O)Nc1ccc(CN)cc1)c1ccc(CN)cc1. The molecule has 2 rings (SSSR count). The standard InChI is InChI=1S/C21H30N6O2/c1-26(2)11-12-27(19-9-5-17(14-23)6-10-19)21(29)24-15-20(28)25-18-7-3-16(13-22)4-8-18/h3-10H,11-15,22-23H2,1-2H3,(H,24,29)(H,25,28). The van der Waals surface area contributed by atoms with Crippen LogP contribution >= 0.6 is 0 Å². The summed E-state index contributed by atoms with van der Waals surface area (Å²) in [4.78, 5) is 28.5. The number of likely N-dealkylation sites (N-methyl/N-ethyl adjacent to an activating group) is 1. The van der Waals surface area contributed by atoms with Crippen LogP contribution in [0.1, 0.15) is 11.1 Å². The molecule has 0 aliphatic rings. The third-order valence-electron chi connectivity index (χ3n) is 4.37. The topological polar surface area (TPSA) is 117 Å². The molecule has 156 valence electrons. The maximum Gasteiger partial charge on any atom is 0.322 e. The molecule has 6 N–H and O–H groups in total. The molecule has 0 atom stereocenters.